The topological polar surface area (TPSA) is 82.1 Å². The molecule has 0 aliphatic carbocycles. The summed E-state index contributed by atoms with van der Waals surface area (Å²) in [5, 5.41) is 0. The molecule has 1 saturated heterocycles. The van der Waals surface area contributed by atoms with Crippen molar-refractivity contribution < 1.29 is 28.6 Å². The first-order chi connectivity index (χ1) is 15.1. The summed E-state index contributed by atoms with van der Waals surface area (Å²) in [6.07, 6.45) is 1.79. The Bertz CT molecular complexity index is 890. The predicted octanol–water partition coefficient (Wildman–Crippen LogP) is 2.61. The Morgan fingerprint density at radius 2 is 1.61 bits per heavy atom. The van der Waals surface area contributed by atoms with Crippen LogP contribution < -0.4 is 4.74 Å². The van der Waals surface area contributed by atoms with Crippen molar-refractivity contribution in [1.82, 2.24) is 4.90 Å². The van der Waals surface area contributed by atoms with Crippen LogP contribution in [0.25, 0.3) is 0 Å². The lowest BCUT2D eigenvalue weighted by Gasteiger charge is -2.30. The summed E-state index contributed by atoms with van der Waals surface area (Å²) in [5.41, 5.74) is 2.11. The number of para-hydroxylation sites is 1. The van der Waals surface area contributed by atoms with E-state index in [9.17, 15) is 14.4 Å². The largest absolute Gasteiger partial charge is 0.482 e. The lowest BCUT2D eigenvalue weighted by Crippen LogP contribution is -2.42. The number of carbonyl (C=O) groups excluding carboxylic acids is 3. The van der Waals surface area contributed by atoms with Gasteiger partial charge in [0.1, 0.15) is 5.75 Å². The van der Waals surface area contributed by atoms with Crippen LogP contribution in [0.1, 0.15) is 24.0 Å². The number of carbonyl (C=O) groups is 3. The minimum absolute atomic E-state index is 0.180. The predicted molar refractivity (Wildman–Crippen MR) is 113 cm³/mol. The fourth-order valence-electron chi connectivity index (χ4n) is 3.55. The second-order valence-electron chi connectivity index (χ2n) is 7.40. The van der Waals surface area contributed by atoms with Crippen molar-refractivity contribution in [3.8, 4) is 5.75 Å². The van der Waals surface area contributed by atoms with Gasteiger partial charge in [-0.25, -0.2) is 4.79 Å². The number of ether oxygens (including phenoxy) is 3. The molecule has 1 fully saturated rings. The molecule has 31 heavy (non-hydrogen) atoms. The van der Waals surface area contributed by atoms with E-state index >= 15 is 0 Å². The van der Waals surface area contributed by atoms with Gasteiger partial charge in [-0.15, -0.1) is 0 Å². The van der Waals surface area contributed by atoms with E-state index in [0.717, 1.165) is 11.1 Å². The van der Waals surface area contributed by atoms with Crippen LogP contribution in [0.5, 0.6) is 5.75 Å². The maximum absolute atomic E-state index is 12.3. The zero-order valence-corrected chi connectivity index (χ0v) is 17.6. The van der Waals surface area contributed by atoms with Gasteiger partial charge >= 0.3 is 11.9 Å². The first-order valence-electron chi connectivity index (χ1n) is 10.3. The third-order valence-corrected chi connectivity index (χ3v) is 5.29. The highest BCUT2D eigenvalue weighted by molar-refractivity contribution is 5.81. The summed E-state index contributed by atoms with van der Waals surface area (Å²) in [6.45, 7) is 0.277. The highest BCUT2D eigenvalue weighted by Crippen LogP contribution is 2.21. The van der Waals surface area contributed by atoms with E-state index in [4.69, 9.17) is 14.2 Å². The molecule has 0 saturated carbocycles. The van der Waals surface area contributed by atoms with E-state index in [1.807, 2.05) is 54.6 Å². The molecular weight excluding hydrogens is 398 g/mol. The molecule has 1 heterocycles. The fraction of sp³-hybridized carbons (Fsp3) is 0.375. The molecule has 3 rings (SSSR count). The van der Waals surface area contributed by atoms with Gasteiger partial charge in [0.2, 0.25) is 0 Å². The number of methoxy groups -OCH3 is 1. The number of hydrogen-bond acceptors (Lipinski definition) is 6. The molecule has 1 aliphatic heterocycles. The lowest BCUT2D eigenvalue weighted by atomic mass is 9.97. The Morgan fingerprint density at radius 3 is 2.32 bits per heavy atom. The Kier molecular flexibility index (Phi) is 8.04. The highest BCUT2D eigenvalue weighted by Gasteiger charge is 2.28. The summed E-state index contributed by atoms with van der Waals surface area (Å²) >= 11 is 0. The van der Waals surface area contributed by atoms with E-state index in [1.165, 1.54) is 7.11 Å². The normalized spacial score (nSPS) is 14.0. The molecule has 164 valence electrons. The summed E-state index contributed by atoms with van der Waals surface area (Å²) in [7, 11) is 1.36. The molecule has 0 aromatic heterocycles. The Balaban J connectivity index is 1.43. The first-order valence-corrected chi connectivity index (χ1v) is 10.3. The van der Waals surface area contributed by atoms with Crippen molar-refractivity contribution in [1.29, 1.82) is 0 Å². The van der Waals surface area contributed by atoms with Gasteiger partial charge in [0.15, 0.2) is 13.2 Å². The second kappa shape index (κ2) is 11.2. The third-order valence-electron chi connectivity index (χ3n) is 5.29. The molecule has 2 aromatic carbocycles. The average molecular weight is 425 g/mol. The second-order valence-corrected chi connectivity index (χ2v) is 7.40. The van der Waals surface area contributed by atoms with Crippen LogP contribution in [0.2, 0.25) is 0 Å². The van der Waals surface area contributed by atoms with Crippen LogP contribution in [-0.2, 0) is 30.3 Å². The van der Waals surface area contributed by atoms with Crippen molar-refractivity contribution in [3.05, 3.63) is 65.7 Å². The molecule has 2 aromatic rings. The number of benzene rings is 2. The van der Waals surface area contributed by atoms with E-state index in [2.05, 4.69) is 0 Å². The maximum atomic E-state index is 12.3. The first kappa shape index (κ1) is 22.3. The van der Waals surface area contributed by atoms with Crippen molar-refractivity contribution >= 4 is 17.8 Å². The molecule has 0 unspecified atom stereocenters. The van der Waals surface area contributed by atoms with Crippen LogP contribution in [0.3, 0.4) is 0 Å². The van der Waals surface area contributed by atoms with Crippen molar-refractivity contribution in [3.63, 3.8) is 0 Å². The van der Waals surface area contributed by atoms with E-state index in [1.54, 1.807) is 4.90 Å². The molecule has 0 bridgehead atoms. The van der Waals surface area contributed by atoms with Crippen LogP contribution in [-0.4, -0.2) is 56.2 Å². The third kappa shape index (κ3) is 6.57. The lowest BCUT2D eigenvalue weighted by molar-refractivity contribution is -0.155. The van der Waals surface area contributed by atoms with Crippen LogP contribution >= 0.6 is 0 Å². The van der Waals surface area contributed by atoms with E-state index < -0.39 is 5.97 Å². The van der Waals surface area contributed by atoms with Gasteiger partial charge in [0, 0.05) is 19.5 Å². The molecule has 7 nitrogen and oxygen atoms in total. The van der Waals surface area contributed by atoms with Gasteiger partial charge in [0.05, 0.1) is 13.0 Å². The minimum Gasteiger partial charge on any atom is -0.482 e. The highest BCUT2D eigenvalue weighted by atomic mass is 16.6. The van der Waals surface area contributed by atoms with Gasteiger partial charge in [-0.1, -0.05) is 48.5 Å². The van der Waals surface area contributed by atoms with Gasteiger partial charge in [-0.05, 0) is 30.0 Å². The molecule has 7 heteroatoms. The smallest absolute Gasteiger partial charge is 0.344 e. The molecule has 0 spiro atoms. The van der Waals surface area contributed by atoms with Crippen LogP contribution in [0.15, 0.2) is 54.6 Å². The maximum Gasteiger partial charge on any atom is 0.344 e. The van der Waals surface area contributed by atoms with Crippen molar-refractivity contribution in [2.24, 2.45) is 5.92 Å². The van der Waals surface area contributed by atoms with Gasteiger partial charge < -0.3 is 19.1 Å². The molecule has 0 radical (unpaired) electrons. The van der Waals surface area contributed by atoms with Gasteiger partial charge in [-0.2, -0.15) is 0 Å². The summed E-state index contributed by atoms with van der Waals surface area (Å²) < 4.78 is 15.5. The van der Waals surface area contributed by atoms with E-state index in [0.29, 0.717) is 38.1 Å². The Morgan fingerprint density at radius 1 is 0.935 bits per heavy atom. The molecule has 1 aliphatic rings. The molecule has 0 atom stereocenters. The number of amides is 1. The minimum atomic E-state index is -0.604. The molecular formula is C24H27NO6. The van der Waals surface area contributed by atoms with E-state index in [-0.39, 0.29) is 31.0 Å². The zero-order chi connectivity index (χ0) is 22.1. The van der Waals surface area contributed by atoms with Crippen LogP contribution in [0.4, 0.5) is 0 Å². The van der Waals surface area contributed by atoms with Crippen LogP contribution in [0, 0.1) is 5.92 Å². The summed E-state index contributed by atoms with van der Waals surface area (Å²) in [4.78, 5) is 37.5. The summed E-state index contributed by atoms with van der Waals surface area (Å²) in [6, 6.07) is 17.5. The SMILES string of the molecule is COC(=O)C1CCN(C(=O)COC(=O)COc2ccccc2Cc2ccccc2)CC1. The Hall–Kier alpha value is -3.35. The van der Waals surface area contributed by atoms with Gasteiger partial charge in [-0.3, -0.25) is 9.59 Å². The fourth-order valence-corrected chi connectivity index (χ4v) is 3.55. The monoisotopic (exact) mass is 425 g/mol. The number of nitrogens with zero attached hydrogens (tertiary/aromatic N) is 1. The average Bonchev–Trinajstić information content (AvgIpc) is 2.82. The number of likely N-dealkylation sites (tertiary alicyclic amines) is 1. The number of piperidine rings is 1. The zero-order valence-electron chi connectivity index (χ0n) is 17.6. The van der Waals surface area contributed by atoms with Gasteiger partial charge in [0.25, 0.3) is 5.91 Å². The standard InChI is InChI=1S/C24H27NO6/c1-29-24(28)19-11-13-25(14-12-19)22(26)16-31-23(27)17-30-21-10-6-5-9-20(21)15-18-7-3-2-4-8-18/h2-10,19H,11-17H2,1H3. The number of esters is 2. The Labute approximate surface area is 181 Å². The number of hydrogen-bond donors (Lipinski definition) is 0. The molecule has 0 N–H and O–H groups in total. The number of rotatable bonds is 8. The molecule has 1 amide bonds. The van der Waals surface area contributed by atoms with Crippen molar-refractivity contribution in [2.75, 3.05) is 33.4 Å². The van der Waals surface area contributed by atoms with Crippen molar-refractivity contribution in [2.45, 2.75) is 19.3 Å². The summed E-state index contributed by atoms with van der Waals surface area (Å²) in [5.74, 6) is -0.697. The quantitative estimate of drug-likeness (QED) is 0.605.